The van der Waals surface area contributed by atoms with Crippen LogP contribution in [0.5, 0.6) is 0 Å². The Morgan fingerprint density at radius 3 is 1.78 bits per heavy atom. The molecule has 0 aliphatic rings. The summed E-state index contributed by atoms with van der Waals surface area (Å²) in [4.78, 5) is 23.3. The van der Waals surface area contributed by atoms with E-state index in [1.165, 1.54) is 89.9 Å². The summed E-state index contributed by atoms with van der Waals surface area (Å²) in [6.07, 6.45) is 26.8. The first-order valence-corrected chi connectivity index (χ1v) is 16.8. The molecule has 5 heteroatoms. The number of aliphatic hydroxyl groups is 1. The Morgan fingerprint density at radius 1 is 0.756 bits per heavy atom. The molecule has 0 aliphatic carbocycles. The monoisotopic (exact) mass is 573 g/mol. The molecule has 1 unspecified atom stereocenters. The topological polar surface area (TPSA) is 86.6 Å². The molecule has 0 aromatic heterocycles. The van der Waals surface area contributed by atoms with Crippen molar-refractivity contribution in [3.05, 3.63) is 48.6 Å². The number of aliphatic hydroxyl groups excluding tert-OH is 1. The maximum atomic E-state index is 11.9. The van der Waals surface area contributed by atoms with Crippen molar-refractivity contribution in [2.45, 2.75) is 167 Å². The molecule has 1 amide bonds. The number of carbonyl (C=O) groups is 2. The van der Waals surface area contributed by atoms with Crippen LogP contribution in [0.1, 0.15) is 154 Å². The van der Waals surface area contributed by atoms with Gasteiger partial charge in [0.1, 0.15) is 6.04 Å². The van der Waals surface area contributed by atoms with Gasteiger partial charge in [-0.2, -0.15) is 0 Å². The van der Waals surface area contributed by atoms with Crippen LogP contribution in [0.4, 0.5) is 0 Å². The molecule has 0 spiro atoms. The minimum absolute atomic E-state index is 0.0255. The van der Waals surface area contributed by atoms with Crippen LogP contribution in [-0.2, 0) is 16.0 Å². The van der Waals surface area contributed by atoms with Crippen LogP contribution in [-0.4, -0.2) is 34.2 Å². The zero-order valence-electron chi connectivity index (χ0n) is 26.6. The van der Waals surface area contributed by atoms with Gasteiger partial charge in [0.25, 0.3) is 0 Å². The van der Waals surface area contributed by atoms with E-state index >= 15 is 0 Å². The molecule has 1 rings (SSSR count). The van der Waals surface area contributed by atoms with E-state index in [0.717, 1.165) is 44.1 Å². The number of carbonyl (C=O) groups excluding carboxylic acids is 1. The van der Waals surface area contributed by atoms with E-state index in [2.05, 4.69) is 25.7 Å². The van der Waals surface area contributed by atoms with Gasteiger partial charge in [-0.1, -0.05) is 147 Å². The SMILES string of the molecule is C=CCCCCCCCCC(=O)N[C@@H](Cc1ccccc1)C(=O)O.CCCCCCCCCC(O)CCCCCC. The van der Waals surface area contributed by atoms with Gasteiger partial charge in [-0.25, -0.2) is 4.79 Å². The molecular formula is C36H63NO4. The summed E-state index contributed by atoms with van der Waals surface area (Å²) < 4.78 is 0. The highest BCUT2D eigenvalue weighted by Crippen LogP contribution is 2.14. The quantitative estimate of drug-likeness (QED) is 0.0760. The van der Waals surface area contributed by atoms with Crippen LogP contribution in [0.3, 0.4) is 0 Å². The summed E-state index contributed by atoms with van der Waals surface area (Å²) in [5, 5.41) is 21.7. The molecule has 0 aliphatic heterocycles. The minimum atomic E-state index is -0.991. The fourth-order valence-electron chi connectivity index (χ4n) is 4.89. The largest absolute Gasteiger partial charge is 0.480 e. The van der Waals surface area contributed by atoms with Crippen molar-refractivity contribution in [2.75, 3.05) is 0 Å². The van der Waals surface area contributed by atoms with Gasteiger partial charge in [0, 0.05) is 12.8 Å². The molecule has 3 N–H and O–H groups in total. The van der Waals surface area contributed by atoms with Crippen molar-refractivity contribution in [3.63, 3.8) is 0 Å². The van der Waals surface area contributed by atoms with Gasteiger partial charge >= 0.3 is 5.97 Å². The number of hydrogen-bond donors (Lipinski definition) is 3. The van der Waals surface area contributed by atoms with E-state index in [1.807, 2.05) is 36.4 Å². The molecule has 0 saturated carbocycles. The van der Waals surface area contributed by atoms with Crippen LogP contribution in [0.2, 0.25) is 0 Å². The predicted molar refractivity (Wildman–Crippen MR) is 174 cm³/mol. The van der Waals surface area contributed by atoms with Crippen molar-refractivity contribution in [3.8, 4) is 0 Å². The first-order valence-electron chi connectivity index (χ1n) is 16.8. The van der Waals surface area contributed by atoms with Gasteiger partial charge in [0.05, 0.1) is 6.10 Å². The van der Waals surface area contributed by atoms with Gasteiger partial charge < -0.3 is 15.5 Å². The van der Waals surface area contributed by atoms with Crippen LogP contribution >= 0.6 is 0 Å². The highest BCUT2D eigenvalue weighted by atomic mass is 16.4. The Morgan fingerprint density at radius 2 is 1.24 bits per heavy atom. The van der Waals surface area contributed by atoms with Crippen molar-refractivity contribution < 1.29 is 19.8 Å². The fourth-order valence-corrected chi connectivity index (χ4v) is 4.89. The van der Waals surface area contributed by atoms with E-state index in [1.54, 1.807) is 0 Å². The highest BCUT2D eigenvalue weighted by Gasteiger charge is 2.20. The Balaban J connectivity index is 0.000000831. The molecule has 41 heavy (non-hydrogen) atoms. The Labute approximate surface area is 252 Å². The van der Waals surface area contributed by atoms with Crippen LogP contribution in [0, 0.1) is 0 Å². The molecule has 5 nitrogen and oxygen atoms in total. The van der Waals surface area contributed by atoms with Gasteiger partial charge in [-0.3, -0.25) is 4.79 Å². The van der Waals surface area contributed by atoms with E-state index in [-0.39, 0.29) is 12.0 Å². The normalized spacial score (nSPS) is 12.2. The van der Waals surface area contributed by atoms with Crippen LogP contribution < -0.4 is 5.32 Å². The lowest BCUT2D eigenvalue weighted by atomic mass is 10.0. The molecule has 0 radical (unpaired) electrons. The average Bonchev–Trinajstić information content (AvgIpc) is 2.97. The standard InChI is InChI=1S/C20H29NO3.C16H34O/c1-2-3-4-5-6-7-8-12-15-19(22)21-18(20(23)24)16-17-13-10-9-11-14-17;1-3-5-7-9-10-11-13-15-16(17)14-12-8-6-4-2/h2,9-11,13-14,18H,1,3-8,12,15-16H2,(H,21,22)(H,23,24);16-17H,3-15H2,1-2H3/t18-;/m0./s1. The Hall–Kier alpha value is -2.14. The minimum Gasteiger partial charge on any atom is -0.480 e. The molecule has 0 fully saturated rings. The van der Waals surface area contributed by atoms with Gasteiger partial charge in [0.2, 0.25) is 5.91 Å². The summed E-state index contributed by atoms with van der Waals surface area (Å²) in [7, 11) is 0. The number of benzene rings is 1. The third kappa shape index (κ3) is 26.5. The van der Waals surface area contributed by atoms with Gasteiger partial charge in [-0.15, -0.1) is 6.58 Å². The maximum absolute atomic E-state index is 11.9. The van der Waals surface area contributed by atoms with E-state index in [0.29, 0.717) is 12.8 Å². The maximum Gasteiger partial charge on any atom is 0.326 e. The summed E-state index contributed by atoms with van der Waals surface area (Å²) in [6.45, 7) is 8.19. The van der Waals surface area contributed by atoms with E-state index in [4.69, 9.17) is 0 Å². The molecule has 0 heterocycles. The number of amides is 1. The highest BCUT2D eigenvalue weighted by molar-refractivity contribution is 5.83. The van der Waals surface area contributed by atoms with E-state index < -0.39 is 12.0 Å². The summed E-state index contributed by atoms with van der Waals surface area (Å²) in [5.41, 5.74) is 0.907. The molecule has 0 bridgehead atoms. The fraction of sp³-hybridized carbons (Fsp3) is 0.722. The average molecular weight is 574 g/mol. The first kappa shape index (κ1) is 38.9. The lowest BCUT2D eigenvalue weighted by Crippen LogP contribution is -2.42. The lowest BCUT2D eigenvalue weighted by Gasteiger charge is -2.14. The first-order chi connectivity index (χ1) is 19.9. The van der Waals surface area contributed by atoms with Gasteiger partial charge in [0.15, 0.2) is 0 Å². The summed E-state index contributed by atoms with van der Waals surface area (Å²) in [5.74, 6) is -1.17. The molecule has 236 valence electrons. The third-order valence-electron chi connectivity index (χ3n) is 7.51. The number of rotatable bonds is 26. The number of aliphatic carboxylic acids is 1. The number of carboxylic acids is 1. The van der Waals surface area contributed by atoms with E-state index in [9.17, 15) is 19.8 Å². The zero-order chi connectivity index (χ0) is 30.4. The Bertz CT molecular complexity index is 736. The molecule has 2 atom stereocenters. The van der Waals surface area contributed by atoms with Crippen LogP contribution in [0.25, 0.3) is 0 Å². The number of hydrogen-bond acceptors (Lipinski definition) is 3. The Kier molecular flexibility index (Phi) is 27.8. The predicted octanol–water partition coefficient (Wildman–Crippen LogP) is 9.56. The second-order valence-electron chi connectivity index (χ2n) is 11.5. The second kappa shape index (κ2) is 29.4. The van der Waals surface area contributed by atoms with Crippen molar-refractivity contribution in [1.29, 1.82) is 0 Å². The number of unbranched alkanes of at least 4 members (excludes halogenated alkanes) is 15. The molecular weight excluding hydrogens is 510 g/mol. The summed E-state index contributed by atoms with van der Waals surface area (Å²) >= 11 is 0. The van der Waals surface area contributed by atoms with Crippen molar-refractivity contribution in [2.24, 2.45) is 0 Å². The molecule has 1 aromatic carbocycles. The number of nitrogens with one attached hydrogen (secondary N) is 1. The second-order valence-corrected chi connectivity index (χ2v) is 11.5. The number of carboxylic acid groups (broad SMARTS) is 1. The lowest BCUT2D eigenvalue weighted by molar-refractivity contribution is -0.141. The summed E-state index contributed by atoms with van der Waals surface area (Å²) in [6, 6.07) is 8.49. The molecule has 1 aromatic rings. The smallest absolute Gasteiger partial charge is 0.326 e. The van der Waals surface area contributed by atoms with Gasteiger partial charge in [-0.05, 0) is 37.7 Å². The third-order valence-corrected chi connectivity index (χ3v) is 7.51. The van der Waals surface area contributed by atoms with Crippen LogP contribution in [0.15, 0.2) is 43.0 Å². The number of allylic oxidation sites excluding steroid dienone is 1. The molecule has 0 saturated heterocycles. The zero-order valence-corrected chi connectivity index (χ0v) is 26.6. The van der Waals surface area contributed by atoms with Crippen molar-refractivity contribution >= 4 is 11.9 Å². The van der Waals surface area contributed by atoms with Crippen molar-refractivity contribution in [1.82, 2.24) is 5.32 Å².